The highest BCUT2D eigenvalue weighted by Gasteiger charge is 2.21. The summed E-state index contributed by atoms with van der Waals surface area (Å²) in [6.45, 7) is 1.95. The molecule has 0 spiro atoms. The Morgan fingerprint density at radius 2 is 2.16 bits per heavy atom. The van der Waals surface area contributed by atoms with Gasteiger partial charge in [0.2, 0.25) is 17.5 Å². The van der Waals surface area contributed by atoms with E-state index in [2.05, 4.69) is 4.98 Å². The zero-order valence-corrected chi connectivity index (χ0v) is 10.7. The summed E-state index contributed by atoms with van der Waals surface area (Å²) in [5.74, 6) is 0.126. The number of anilines is 1. The van der Waals surface area contributed by atoms with E-state index in [4.69, 9.17) is 19.6 Å². The average Bonchev–Trinajstić information content (AvgIpc) is 2.81. The van der Waals surface area contributed by atoms with Crippen LogP contribution < -0.4 is 10.5 Å². The number of esters is 1. The average molecular weight is 262 g/mol. The van der Waals surface area contributed by atoms with Crippen molar-refractivity contribution >= 4 is 11.9 Å². The molecule has 6 heteroatoms. The molecule has 0 aliphatic rings. The molecule has 19 heavy (non-hydrogen) atoms. The summed E-state index contributed by atoms with van der Waals surface area (Å²) >= 11 is 0. The maximum absolute atomic E-state index is 11.6. The summed E-state index contributed by atoms with van der Waals surface area (Å²) in [5, 5.41) is 0. The predicted molar refractivity (Wildman–Crippen MR) is 68.9 cm³/mol. The van der Waals surface area contributed by atoms with Crippen LogP contribution in [0.15, 0.2) is 28.7 Å². The molecule has 6 nitrogen and oxygen atoms in total. The van der Waals surface area contributed by atoms with Gasteiger partial charge in [0.15, 0.2) is 0 Å². The van der Waals surface area contributed by atoms with Crippen molar-refractivity contribution in [2.75, 3.05) is 19.5 Å². The number of aromatic nitrogens is 1. The van der Waals surface area contributed by atoms with E-state index >= 15 is 0 Å². The van der Waals surface area contributed by atoms with Crippen molar-refractivity contribution in [3.63, 3.8) is 0 Å². The van der Waals surface area contributed by atoms with E-state index < -0.39 is 5.97 Å². The highest BCUT2D eigenvalue weighted by atomic mass is 16.5. The fraction of sp³-hybridized carbons (Fsp3) is 0.231. The second-order valence-electron chi connectivity index (χ2n) is 3.65. The van der Waals surface area contributed by atoms with Crippen LogP contribution in [0.3, 0.4) is 0 Å². The molecule has 0 saturated carbocycles. The Labute approximate surface area is 110 Å². The smallest absolute Gasteiger partial charge is 0.362 e. The number of nitrogens with two attached hydrogens (primary N) is 1. The lowest BCUT2D eigenvalue weighted by molar-refractivity contribution is 0.0521. The van der Waals surface area contributed by atoms with E-state index in [1.54, 1.807) is 19.1 Å². The number of hydrogen-bond donors (Lipinski definition) is 1. The molecule has 0 fully saturated rings. The van der Waals surface area contributed by atoms with Crippen LogP contribution in [0.25, 0.3) is 11.5 Å². The number of carbonyl (C=O) groups excluding carboxylic acids is 1. The zero-order chi connectivity index (χ0) is 13.8. The maximum Gasteiger partial charge on any atom is 0.362 e. The van der Waals surface area contributed by atoms with E-state index in [1.165, 1.54) is 7.11 Å². The fourth-order valence-corrected chi connectivity index (χ4v) is 1.61. The van der Waals surface area contributed by atoms with E-state index in [0.29, 0.717) is 11.3 Å². The summed E-state index contributed by atoms with van der Waals surface area (Å²) in [6, 6.07) is 7.15. The Hall–Kier alpha value is -2.50. The van der Waals surface area contributed by atoms with Crippen molar-refractivity contribution in [1.29, 1.82) is 0 Å². The molecule has 0 aliphatic carbocycles. The topological polar surface area (TPSA) is 87.6 Å². The van der Waals surface area contributed by atoms with Crippen LogP contribution in [0.4, 0.5) is 5.88 Å². The van der Waals surface area contributed by atoms with Crippen LogP contribution in [0, 0.1) is 0 Å². The standard InChI is InChI=1S/C13H14N2O4/c1-3-18-13(16)10-11(14)19-12(15-10)8-6-4-5-7-9(8)17-2/h4-7H,3,14H2,1-2H3. The van der Waals surface area contributed by atoms with Gasteiger partial charge in [-0.2, -0.15) is 4.98 Å². The number of carbonyl (C=O) groups is 1. The highest BCUT2D eigenvalue weighted by molar-refractivity contribution is 5.92. The summed E-state index contributed by atoms with van der Waals surface area (Å²) in [7, 11) is 1.54. The number of hydrogen-bond acceptors (Lipinski definition) is 6. The summed E-state index contributed by atoms with van der Waals surface area (Å²) in [4.78, 5) is 15.7. The number of rotatable bonds is 4. The van der Waals surface area contributed by atoms with Gasteiger partial charge in [-0.1, -0.05) is 12.1 Å². The predicted octanol–water partition coefficient (Wildman–Crippen LogP) is 2.11. The molecule has 0 unspecified atom stereocenters. The molecule has 2 rings (SSSR count). The van der Waals surface area contributed by atoms with Gasteiger partial charge in [-0.15, -0.1) is 0 Å². The van der Waals surface area contributed by atoms with Crippen molar-refractivity contribution < 1.29 is 18.7 Å². The number of methoxy groups -OCH3 is 1. The minimum absolute atomic E-state index is 0.0252. The number of oxazole rings is 1. The lowest BCUT2D eigenvalue weighted by Crippen LogP contribution is -2.07. The molecule has 2 aromatic rings. The van der Waals surface area contributed by atoms with E-state index in [0.717, 1.165) is 0 Å². The number of nitrogen functional groups attached to an aromatic ring is 1. The molecule has 0 amide bonds. The molecule has 0 radical (unpaired) electrons. The molecular formula is C13H14N2O4. The molecule has 1 aromatic carbocycles. The first-order valence-electron chi connectivity index (χ1n) is 5.74. The van der Waals surface area contributed by atoms with E-state index in [-0.39, 0.29) is 24.1 Å². The molecule has 1 aromatic heterocycles. The maximum atomic E-state index is 11.6. The van der Waals surface area contributed by atoms with Crippen molar-refractivity contribution in [3.8, 4) is 17.2 Å². The minimum Gasteiger partial charge on any atom is -0.496 e. The second kappa shape index (κ2) is 5.43. The third-order valence-electron chi connectivity index (χ3n) is 2.46. The molecule has 0 aliphatic heterocycles. The quantitative estimate of drug-likeness (QED) is 0.849. The van der Waals surface area contributed by atoms with Crippen molar-refractivity contribution in [1.82, 2.24) is 4.98 Å². The van der Waals surface area contributed by atoms with Crippen LogP contribution in [-0.4, -0.2) is 24.7 Å². The molecule has 1 heterocycles. The Morgan fingerprint density at radius 1 is 1.42 bits per heavy atom. The Morgan fingerprint density at radius 3 is 2.84 bits per heavy atom. The first-order valence-corrected chi connectivity index (χ1v) is 5.74. The SMILES string of the molecule is CCOC(=O)c1nc(-c2ccccc2OC)oc1N. The van der Waals surface area contributed by atoms with Gasteiger partial charge < -0.3 is 19.6 Å². The van der Waals surface area contributed by atoms with Crippen LogP contribution in [0.2, 0.25) is 0 Å². The molecule has 0 saturated heterocycles. The van der Waals surface area contributed by atoms with Crippen molar-refractivity contribution in [3.05, 3.63) is 30.0 Å². The number of ether oxygens (including phenoxy) is 2. The van der Waals surface area contributed by atoms with Gasteiger partial charge in [0.05, 0.1) is 19.3 Å². The second-order valence-corrected chi connectivity index (χ2v) is 3.65. The molecular weight excluding hydrogens is 248 g/mol. The Balaban J connectivity index is 2.42. The van der Waals surface area contributed by atoms with E-state index in [9.17, 15) is 4.79 Å². The zero-order valence-electron chi connectivity index (χ0n) is 10.7. The largest absolute Gasteiger partial charge is 0.496 e. The van der Waals surface area contributed by atoms with Crippen LogP contribution >= 0.6 is 0 Å². The third-order valence-corrected chi connectivity index (χ3v) is 2.46. The summed E-state index contributed by atoms with van der Waals surface area (Å²) in [6.07, 6.45) is 0. The van der Waals surface area contributed by atoms with Crippen molar-refractivity contribution in [2.45, 2.75) is 6.92 Å². The molecule has 2 N–H and O–H groups in total. The third kappa shape index (κ3) is 2.52. The number of para-hydroxylation sites is 1. The Bertz CT molecular complexity index is 592. The number of nitrogens with zero attached hydrogens (tertiary/aromatic N) is 1. The normalized spacial score (nSPS) is 10.2. The van der Waals surface area contributed by atoms with Gasteiger partial charge >= 0.3 is 5.97 Å². The monoisotopic (exact) mass is 262 g/mol. The van der Waals surface area contributed by atoms with Crippen molar-refractivity contribution in [2.24, 2.45) is 0 Å². The van der Waals surface area contributed by atoms with Crippen LogP contribution in [0.1, 0.15) is 17.4 Å². The van der Waals surface area contributed by atoms with E-state index in [1.807, 2.05) is 12.1 Å². The molecule has 0 atom stereocenters. The lowest BCUT2D eigenvalue weighted by Gasteiger charge is -2.03. The lowest BCUT2D eigenvalue weighted by atomic mass is 10.2. The van der Waals surface area contributed by atoms with Crippen LogP contribution in [-0.2, 0) is 4.74 Å². The minimum atomic E-state index is -0.607. The highest BCUT2D eigenvalue weighted by Crippen LogP contribution is 2.31. The molecule has 100 valence electrons. The van der Waals surface area contributed by atoms with Gasteiger partial charge in [0.1, 0.15) is 5.75 Å². The fourth-order valence-electron chi connectivity index (χ4n) is 1.61. The van der Waals surface area contributed by atoms with Gasteiger partial charge in [0.25, 0.3) is 0 Å². The van der Waals surface area contributed by atoms with Gasteiger partial charge in [0, 0.05) is 0 Å². The summed E-state index contributed by atoms with van der Waals surface area (Å²) < 4.78 is 15.3. The first kappa shape index (κ1) is 12.9. The first-order chi connectivity index (χ1) is 9.17. The molecule has 0 bridgehead atoms. The summed E-state index contributed by atoms with van der Waals surface area (Å²) in [5.41, 5.74) is 6.22. The number of benzene rings is 1. The van der Waals surface area contributed by atoms with Crippen LogP contribution in [0.5, 0.6) is 5.75 Å². The van der Waals surface area contributed by atoms with Gasteiger partial charge in [-0.05, 0) is 19.1 Å². The van der Waals surface area contributed by atoms with Gasteiger partial charge in [-0.25, -0.2) is 4.79 Å². The van der Waals surface area contributed by atoms with Gasteiger partial charge in [-0.3, -0.25) is 0 Å². The Kier molecular flexibility index (Phi) is 3.70.